The molecule has 114 valence electrons. The van der Waals surface area contributed by atoms with E-state index in [1.807, 2.05) is 12.1 Å². The first-order valence-corrected chi connectivity index (χ1v) is 8.60. The molecule has 2 unspecified atom stereocenters. The second-order valence-electron chi connectivity index (χ2n) is 6.04. The van der Waals surface area contributed by atoms with Crippen LogP contribution in [0.25, 0.3) is 0 Å². The van der Waals surface area contributed by atoms with Gasteiger partial charge in [0, 0.05) is 30.4 Å². The van der Waals surface area contributed by atoms with Crippen LogP contribution in [0.5, 0.6) is 0 Å². The van der Waals surface area contributed by atoms with E-state index >= 15 is 0 Å². The smallest absolute Gasteiger partial charge is 0.146 e. The molecule has 2 fully saturated rings. The average Bonchev–Trinajstić information content (AvgIpc) is 2.94. The number of benzene rings is 1. The minimum absolute atomic E-state index is 0.136. The third-order valence-corrected chi connectivity index (χ3v) is 5.68. The summed E-state index contributed by atoms with van der Waals surface area (Å²) in [5.74, 6) is 1.06. The van der Waals surface area contributed by atoms with Crippen molar-refractivity contribution in [2.75, 3.05) is 25.6 Å². The van der Waals surface area contributed by atoms with Crippen LogP contribution in [0.15, 0.2) is 29.2 Å². The van der Waals surface area contributed by atoms with Crippen molar-refractivity contribution in [2.45, 2.75) is 36.7 Å². The predicted octanol–water partition coefficient (Wildman–Crippen LogP) is 3.24. The zero-order chi connectivity index (χ0) is 14.7. The van der Waals surface area contributed by atoms with E-state index in [1.165, 1.54) is 10.5 Å². The van der Waals surface area contributed by atoms with Crippen LogP contribution in [0.3, 0.4) is 0 Å². The maximum atomic E-state index is 12.5. The van der Waals surface area contributed by atoms with Crippen molar-refractivity contribution >= 4 is 17.5 Å². The van der Waals surface area contributed by atoms with Crippen LogP contribution in [-0.4, -0.2) is 37.0 Å². The fourth-order valence-electron chi connectivity index (χ4n) is 3.15. The van der Waals surface area contributed by atoms with Gasteiger partial charge in [0.05, 0.1) is 18.0 Å². The fraction of sp³-hybridized carbons (Fsp3) is 0.588. The van der Waals surface area contributed by atoms with Crippen LogP contribution >= 0.6 is 11.8 Å². The summed E-state index contributed by atoms with van der Waals surface area (Å²) >= 11 is 1.66. The highest BCUT2D eigenvalue weighted by Crippen LogP contribution is 2.37. The van der Waals surface area contributed by atoms with Gasteiger partial charge in [-0.1, -0.05) is 18.2 Å². The molecule has 3 nitrogen and oxygen atoms in total. The highest BCUT2D eigenvalue weighted by atomic mass is 32.2. The lowest BCUT2D eigenvalue weighted by molar-refractivity contribution is -0.134. The van der Waals surface area contributed by atoms with Crippen LogP contribution in [0, 0.1) is 12.8 Å². The highest BCUT2D eigenvalue weighted by Gasteiger charge is 2.42. The molecular weight excluding hydrogens is 284 g/mol. The molecule has 0 aromatic heterocycles. The third kappa shape index (κ3) is 3.50. The van der Waals surface area contributed by atoms with Crippen LogP contribution in [0.2, 0.25) is 0 Å². The van der Waals surface area contributed by atoms with Gasteiger partial charge in [0.15, 0.2) is 0 Å². The average molecular weight is 306 g/mol. The molecule has 1 spiro atoms. The lowest BCUT2D eigenvalue weighted by Gasteiger charge is -2.36. The van der Waals surface area contributed by atoms with Crippen molar-refractivity contribution in [2.24, 2.45) is 5.92 Å². The molecule has 2 aliphatic rings. The Labute approximate surface area is 130 Å². The number of hydrogen-bond donors (Lipinski definition) is 0. The molecule has 4 heteroatoms. The second kappa shape index (κ2) is 6.51. The molecule has 2 atom stereocenters. The normalized spacial score (nSPS) is 28.9. The minimum Gasteiger partial charge on any atom is -0.378 e. The first-order valence-electron chi connectivity index (χ1n) is 7.61. The maximum absolute atomic E-state index is 12.5. The van der Waals surface area contributed by atoms with E-state index in [0.717, 1.165) is 25.9 Å². The van der Waals surface area contributed by atoms with Gasteiger partial charge in [-0.05, 0) is 31.4 Å². The van der Waals surface area contributed by atoms with E-state index in [9.17, 15) is 4.79 Å². The van der Waals surface area contributed by atoms with Crippen molar-refractivity contribution in [3.8, 4) is 0 Å². The lowest BCUT2D eigenvalue weighted by Crippen LogP contribution is -2.42. The number of ether oxygens (including phenoxy) is 2. The van der Waals surface area contributed by atoms with Crippen molar-refractivity contribution in [3.05, 3.63) is 29.8 Å². The van der Waals surface area contributed by atoms with Gasteiger partial charge in [-0.15, -0.1) is 11.8 Å². The number of thioether (sulfide) groups is 1. The summed E-state index contributed by atoms with van der Waals surface area (Å²) in [5.41, 5.74) is 1.06. The van der Waals surface area contributed by atoms with E-state index in [2.05, 4.69) is 19.1 Å². The number of aryl methyl sites for hydroxylation is 1. The molecule has 2 aliphatic heterocycles. The first-order chi connectivity index (χ1) is 10.2. The quantitative estimate of drug-likeness (QED) is 0.800. The minimum atomic E-state index is -0.175. The van der Waals surface area contributed by atoms with E-state index in [4.69, 9.17) is 9.47 Å². The van der Waals surface area contributed by atoms with Gasteiger partial charge in [-0.2, -0.15) is 0 Å². The van der Waals surface area contributed by atoms with Gasteiger partial charge in [0.2, 0.25) is 0 Å². The van der Waals surface area contributed by atoms with Crippen molar-refractivity contribution in [1.29, 1.82) is 0 Å². The van der Waals surface area contributed by atoms with Gasteiger partial charge < -0.3 is 9.47 Å². The number of rotatable bonds is 4. The monoisotopic (exact) mass is 306 g/mol. The molecule has 0 bridgehead atoms. The highest BCUT2D eigenvalue weighted by molar-refractivity contribution is 8.00. The number of hydrogen-bond acceptors (Lipinski definition) is 4. The topological polar surface area (TPSA) is 35.5 Å². The Bertz CT molecular complexity index is 509. The molecule has 0 radical (unpaired) electrons. The van der Waals surface area contributed by atoms with Crippen molar-refractivity contribution < 1.29 is 14.3 Å². The third-order valence-electron chi connectivity index (χ3n) is 4.48. The first kappa shape index (κ1) is 15.1. The molecule has 1 aromatic carbocycles. The summed E-state index contributed by atoms with van der Waals surface area (Å²) in [6.45, 7) is 4.20. The summed E-state index contributed by atoms with van der Waals surface area (Å²) in [4.78, 5) is 13.7. The van der Waals surface area contributed by atoms with E-state index in [0.29, 0.717) is 24.7 Å². The zero-order valence-electron chi connectivity index (χ0n) is 12.5. The summed E-state index contributed by atoms with van der Waals surface area (Å²) < 4.78 is 11.4. The number of carbonyl (C=O) groups is 1. The number of ketones is 1. The Kier molecular flexibility index (Phi) is 4.67. The SMILES string of the molecule is Cc1ccccc1SCC(=O)C1CCOC2(CCOC2)C1. The van der Waals surface area contributed by atoms with Gasteiger partial charge in [-0.25, -0.2) is 0 Å². The van der Waals surface area contributed by atoms with Gasteiger partial charge in [0.1, 0.15) is 5.78 Å². The van der Waals surface area contributed by atoms with E-state index in [1.54, 1.807) is 11.8 Å². The van der Waals surface area contributed by atoms with Gasteiger partial charge in [-0.3, -0.25) is 4.79 Å². The lowest BCUT2D eigenvalue weighted by atomic mass is 9.83. The molecule has 1 aromatic rings. The Hall–Kier alpha value is -0.840. The summed E-state index contributed by atoms with van der Waals surface area (Å²) in [7, 11) is 0. The fourth-order valence-corrected chi connectivity index (χ4v) is 4.15. The summed E-state index contributed by atoms with van der Waals surface area (Å²) in [6.07, 6.45) is 2.62. The van der Waals surface area contributed by atoms with Crippen molar-refractivity contribution in [1.82, 2.24) is 0 Å². The summed E-state index contributed by atoms with van der Waals surface area (Å²) in [5, 5.41) is 0. The molecule has 0 N–H and O–H groups in total. The van der Waals surface area contributed by atoms with E-state index < -0.39 is 0 Å². The van der Waals surface area contributed by atoms with Crippen LogP contribution in [0.1, 0.15) is 24.8 Å². The molecule has 21 heavy (non-hydrogen) atoms. The molecule has 0 saturated carbocycles. The molecule has 2 saturated heterocycles. The molecule has 0 aliphatic carbocycles. The Morgan fingerprint density at radius 3 is 3.00 bits per heavy atom. The van der Waals surface area contributed by atoms with E-state index in [-0.39, 0.29) is 11.5 Å². The Morgan fingerprint density at radius 2 is 2.24 bits per heavy atom. The van der Waals surface area contributed by atoms with Crippen LogP contribution in [0.4, 0.5) is 0 Å². The predicted molar refractivity (Wildman–Crippen MR) is 83.8 cm³/mol. The van der Waals surface area contributed by atoms with Gasteiger partial charge >= 0.3 is 0 Å². The maximum Gasteiger partial charge on any atom is 0.146 e. The number of Topliss-reactive ketones (excluding diaryl/α,β-unsaturated/α-hetero) is 1. The van der Waals surface area contributed by atoms with Crippen LogP contribution in [-0.2, 0) is 14.3 Å². The molecule has 2 heterocycles. The zero-order valence-corrected chi connectivity index (χ0v) is 13.3. The Morgan fingerprint density at radius 1 is 1.38 bits per heavy atom. The summed E-state index contributed by atoms with van der Waals surface area (Å²) in [6, 6.07) is 8.23. The number of carbonyl (C=O) groups excluding carboxylic acids is 1. The largest absolute Gasteiger partial charge is 0.378 e. The molecule has 3 rings (SSSR count). The Balaban J connectivity index is 1.57. The second-order valence-corrected chi connectivity index (χ2v) is 7.06. The van der Waals surface area contributed by atoms with Crippen LogP contribution < -0.4 is 0 Å². The van der Waals surface area contributed by atoms with Gasteiger partial charge in [0.25, 0.3) is 0 Å². The standard InChI is InChI=1S/C17H22O3S/c1-13-4-2-3-5-16(13)21-11-15(18)14-6-8-20-17(10-14)7-9-19-12-17/h2-5,14H,6-12H2,1H3. The molecular formula is C17H22O3S. The molecule has 0 amide bonds. The van der Waals surface area contributed by atoms with Crippen molar-refractivity contribution in [3.63, 3.8) is 0 Å².